The molecular formula is C21H24F5N5O2. The van der Waals surface area contributed by atoms with E-state index in [4.69, 9.17) is 4.74 Å². The molecule has 0 unspecified atom stereocenters. The van der Waals surface area contributed by atoms with E-state index in [9.17, 15) is 26.7 Å². The van der Waals surface area contributed by atoms with Crippen molar-refractivity contribution in [2.75, 3.05) is 24.6 Å². The van der Waals surface area contributed by atoms with Crippen molar-refractivity contribution in [1.82, 2.24) is 20.5 Å². The van der Waals surface area contributed by atoms with E-state index >= 15 is 0 Å². The normalized spacial score (nSPS) is 19.5. The van der Waals surface area contributed by atoms with Crippen LogP contribution in [0.5, 0.6) is 5.75 Å². The van der Waals surface area contributed by atoms with E-state index in [0.29, 0.717) is 18.0 Å². The van der Waals surface area contributed by atoms with Gasteiger partial charge in [0.25, 0.3) is 11.8 Å². The summed E-state index contributed by atoms with van der Waals surface area (Å²) in [6.07, 6.45) is -0.827. The molecule has 1 saturated heterocycles. The number of aryl methyl sites for hydroxylation is 1. The van der Waals surface area contributed by atoms with Crippen LogP contribution in [0.2, 0.25) is 0 Å². The number of rotatable bonds is 8. The largest absolute Gasteiger partial charge is 0.482 e. The fourth-order valence-corrected chi connectivity index (χ4v) is 3.88. The lowest BCUT2D eigenvalue weighted by molar-refractivity contribution is -0.153. The number of carbonyl (C=O) groups is 1. The van der Waals surface area contributed by atoms with Gasteiger partial charge >= 0.3 is 6.18 Å². The molecular weight excluding hydrogens is 449 g/mol. The minimum Gasteiger partial charge on any atom is -0.482 e. The number of aromatic nitrogens is 3. The van der Waals surface area contributed by atoms with Crippen LogP contribution in [0.4, 0.5) is 27.6 Å². The summed E-state index contributed by atoms with van der Waals surface area (Å²) in [4.78, 5) is 18.2. The first-order chi connectivity index (χ1) is 15.3. The monoisotopic (exact) mass is 473 g/mol. The number of hydrogen-bond acceptors (Lipinski definition) is 5. The summed E-state index contributed by atoms with van der Waals surface area (Å²) in [5, 5.41) is 10.0. The van der Waals surface area contributed by atoms with Crippen molar-refractivity contribution in [2.45, 2.75) is 50.7 Å². The van der Waals surface area contributed by atoms with Crippen LogP contribution in [-0.4, -0.2) is 52.9 Å². The Morgan fingerprint density at radius 2 is 2.00 bits per heavy atom. The second-order valence-electron chi connectivity index (χ2n) is 9.02. The molecule has 1 amide bonds. The van der Waals surface area contributed by atoms with Crippen molar-refractivity contribution < 1.29 is 31.5 Å². The maximum absolute atomic E-state index is 13.3. The highest BCUT2D eigenvalue weighted by Crippen LogP contribution is 2.41. The van der Waals surface area contributed by atoms with Crippen LogP contribution in [0, 0.1) is 12.8 Å². The van der Waals surface area contributed by atoms with Gasteiger partial charge in [0.05, 0.1) is 36.2 Å². The van der Waals surface area contributed by atoms with E-state index in [1.165, 1.54) is 0 Å². The predicted octanol–water partition coefficient (Wildman–Crippen LogP) is 3.95. The lowest BCUT2D eigenvalue weighted by atomic mass is 9.90. The van der Waals surface area contributed by atoms with E-state index in [1.54, 1.807) is 0 Å². The number of pyridine rings is 1. The Morgan fingerprint density at radius 1 is 1.30 bits per heavy atom. The van der Waals surface area contributed by atoms with Crippen LogP contribution in [0.3, 0.4) is 0 Å². The molecule has 1 atom stereocenters. The van der Waals surface area contributed by atoms with Crippen molar-refractivity contribution in [1.29, 1.82) is 0 Å². The number of aromatic amines is 1. The molecule has 0 radical (unpaired) electrons. The van der Waals surface area contributed by atoms with Gasteiger partial charge in [-0.15, -0.1) is 0 Å². The van der Waals surface area contributed by atoms with Crippen LogP contribution in [0.1, 0.15) is 48.1 Å². The lowest BCUT2D eigenvalue weighted by Crippen LogP contribution is -2.56. The van der Waals surface area contributed by atoms with Gasteiger partial charge in [-0.1, -0.05) is 12.8 Å². The van der Waals surface area contributed by atoms with Crippen molar-refractivity contribution in [3.8, 4) is 5.75 Å². The van der Waals surface area contributed by atoms with E-state index in [0.717, 1.165) is 35.7 Å². The minimum absolute atomic E-state index is 0.0228. The summed E-state index contributed by atoms with van der Waals surface area (Å²) >= 11 is 0. The Balaban J connectivity index is 1.58. The summed E-state index contributed by atoms with van der Waals surface area (Å²) in [7, 11) is 0. The number of halogens is 5. The van der Waals surface area contributed by atoms with Gasteiger partial charge in [0, 0.05) is 11.8 Å². The second kappa shape index (κ2) is 8.14. The van der Waals surface area contributed by atoms with Crippen LogP contribution in [0.15, 0.2) is 18.3 Å². The first-order valence-electron chi connectivity index (χ1n) is 10.5. The van der Waals surface area contributed by atoms with Gasteiger partial charge < -0.3 is 15.0 Å². The number of nitrogens with zero attached hydrogens (tertiary/aromatic N) is 3. The molecule has 2 aromatic heterocycles. The Hall–Kier alpha value is -2.92. The van der Waals surface area contributed by atoms with Crippen molar-refractivity contribution in [3.63, 3.8) is 0 Å². The molecule has 3 heterocycles. The average Bonchev–Trinajstić information content (AvgIpc) is 3.39. The zero-order chi connectivity index (χ0) is 24.0. The fourth-order valence-electron chi connectivity index (χ4n) is 3.88. The van der Waals surface area contributed by atoms with Gasteiger partial charge in [0.15, 0.2) is 6.61 Å². The third kappa shape index (κ3) is 5.53. The Labute approximate surface area is 186 Å². The maximum Gasteiger partial charge on any atom is 0.422 e. The molecule has 2 aliphatic rings. The smallest absolute Gasteiger partial charge is 0.422 e. The van der Waals surface area contributed by atoms with Gasteiger partial charge in [-0.3, -0.25) is 9.89 Å². The topological polar surface area (TPSA) is 83.1 Å². The van der Waals surface area contributed by atoms with Crippen molar-refractivity contribution >= 4 is 11.6 Å². The van der Waals surface area contributed by atoms with Gasteiger partial charge in [-0.2, -0.15) is 18.3 Å². The average molecular weight is 473 g/mol. The van der Waals surface area contributed by atoms with E-state index in [-0.39, 0.29) is 17.1 Å². The number of alkyl halides is 5. The number of nitrogens with one attached hydrogen (secondary N) is 2. The molecule has 33 heavy (non-hydrogen) atoms. The zero-order valence-corrected chi connectivity index (χ0v) is 18.1. The standard InChI is InChI=1S/C21H24F5N5O2/c1-12-5-17(30-29-12)19(2,7-13-3-4-13)28-18(32)14-6-16(33-11-21(24,25)26)15(8-27-14)31-9-20(22,23)10-31/h5-6,8,13H,3-4,7,9-11H2,1-2H3,(H,28,32)(H,29,30)/t19-/m1/s1. The van der Waals surface area contributed by atoms with E-state index in [2.05, 4.69) is 20.5 Å². The molecule has 1 aliphatic heterocycles. The molecule has 1 saturated carbocycles. The third-order valence-electron chi connectivity index (χ3n) is 5.71. The molecule has 2 fully saturated rings. The molecule has 1 aliphatic carbocycles. The SMILES string of the molecule is Cc1cc([C@@](C)(CC2CC2)NC(=O)c2cc(OCC(F)(F)F)c(N3CC(F)(F)C3)cn2)n[nH]1. The van der Waals surface area contributed by atoms with E-state index < -0.39 is 43.2 Å². The van der Waals surface area contributed by atoms with Crippen LogP contribution >= 0.6 is 0 Å². The molecule has 0 bridgehead atoms. The molecule has 180 valence electrons. The Morgan fingerprint density at radius 3 is 2.55 bits per heavy atom. The predicted molar refractivity (Wildman–Crippen MR) is 108 cm³/mol. The second-order valence-corrected chi connectivity index (χ2v) is 9.02. The molecule has 2 N–H and O–H groups in total. The number of ether oxygens (including phenoxy) is 1. The van der Waals surface area contributed by atoms with Gasteiger partial charge in [-0.05, 0) is 32.3 Å². The Bertz CT molecular complexity index is 1030. The minimum atomic E-state index is -4.64. The van der Waals surface area contributed by atoms with Crippen LogP contribution in [0.25, 0.3) is 0 Å². The lowest BCUT2D eigenvalue weighted by Gasteiger charge is -2.40. The fraction of sp³-hybridized carbons (Fsp3) is 0.571. The highest BCUT2D eigenvalue weighted by Gasteiger charge is 2.45. The summed E-state index contributed by atoms with van der Waals surface area (Å²) in [5.41, 5.74) is 0.421. The molecule has 0 spiro atoms. The summed E-state index contributed by atoms with van der Waals surface area (Å²) in [6, 6.07) is 2.88. The summed E-state index contributed by atoms with van der Waals surface area (Å²) in [6.45, 7) is 0.707. The first kappa shape index (κ1) is 23.2. The molecule has 2 aromatic rings. The van der Waals surface area contributed by atoms with Gasteiger partial charge in [0.1, 0.15) is 11.4 Å². The molecule has 0 aromatic carbocycles. The quantitative estimate of drug-likeness (QED) is 0.568. The summed E-state index contributed by atoms with van der Waals surface area (Å²) in [5.74, 6) is -3.47. The number of H-pyrrole nitrogens is 1. The molecule has 7 nitrogen and oxygen atoms in total. The third-order valence-corrected chi connectivity index (χ3v) is 5.71. The Kier molecular flexibility index (Phi) is 5.73. The van der Waals surface area contributed by atoms with E-state index in [1.807, 2.05) is 19.9 Å². The number of amides is 1. The number of anilines is 1. The number of hydrogen-bond donors (Lipinski definition) is 2. The number of carbonyl (C=O) groups excluding carboxylic acids is 1. The van der Waals surface area contributed by atoms with Crippen LogP contribution < -0.4 is 15.0 Å². The first-order valence-corrected chi connectivity index (χ1v) is 10.5. The molecule has 4 rings (SSSR count). The maximum atomic E-state index is 13.3. The highest BCUT2D eigenvalue weighted by molar-refractivity contribution is 5.93. The molecule has 12 heteroatoms. The van der Waals surface area contributed by atoms with Crippen molar-refractivity contribution in [3.05, 3.63) is 35.4 Å². The zero-order valence-electron chi connectivity index (χ0n) is 18.1. The van der Waals surface area contributed by atoms with Gasteiger partial charge in [0.2, 0.25) is 0 Å². The van der Waals surface area contributed by atoms with Gasteiger partial charge in [-0.25, -0.2) is 13.8 Å². The highest BCUT2D eigenvalue weighted by atomic mass is 19.4. The van der Waals surface area contributed by atoms with Crippen molar-refractivity contribution in [2.24, 2.45) is 5.92 Å². The van der Waals surface area contributed by atoms with Crippen LogP contribution in [-0.2, 0) is 5.54 Å². The summed E-state index contributed by atoms with van der Waals surface area (Å²) < 4.78 is 69.6.